The van der Waals surface area contributed by atoms with E-state index in [1.54, 1.807) is 6.92 Å². The number of rotatable bonds is 23. The average molecular weight is 393 g/mol. The molecule has 0 radical (unpaired) electrons. The van der Waals surface area contributed by atoms with Crippen molar-refractivity contribution in [2.45, 2.75) is 90.6 Å². The van der Waals surface area contributed by atoms with Gasteiger partial charge in [0, 0.05) is 5.04 Å². The summed E-state index contributed by atoms with van der Waals surface area (Å²) in [5.74, 6) is 0. The molecule has 7 heteroatoms. The molecule has 0 aliphatic rings. The van der Waals surface area contributed by atoms with E-state index in [1.807, 2.05) is 0 Å². The fourth-order valence-electron chi connectivity index (χ4n) is 2.44. The quantitative estimate of drug-likeness (QED) is 0.0969. The van der Waals surface area contributed by atoms with Crippen molar-refractivity contribution in [2.24, 2.45) is 0 Å². The third kappa shape index (κ3) is 23.3. The lowest BCUT2D eigenvalue weighted by Gasteiger charge is -2.10. The second kappa shape index (κ2) is 23.3. The van der Waals surface area contributed by atoms with Gasteiger partial charge >= 0.3 is 0 Å². The van der Waals surface area contributed by atoms with Gasteiger partial charge in [-0.1, -0.05) is 77.7 Å². The molecular formula is C20H40O7. The molecule has 0 spiro atoms. The Kier molecular flexibility index (Phi) is 22.7. The summed E-state index contributed by atoms with van der Waals surface area (Å²) in [6, 6.07) is 0. The van der Waals surface area contributed by atoms with Crippen LogP contribution in [0.1, 0.15) is 84.5 Å². The Morgan fingerprint density at radius 1 is 0.741 bits per heavy atom. The van der Waals surface area contributed by atoms with Gasteiger partial charge in [0.2, 0.25) is 0 Å². The molecule has 0 heterocycles. The first kappa shape index (κ1) is 26.3. The minimum Gasteiger partial charge on any atom is -0.376 e. The molecule has 0 saturated heterocycles. The lowest BCUT2D eigenvalue weighted by Crippen LogP contribution is -2.18. The van der Waals surface area contributed by atoms with Crippen LogP contribution in [0, 0.1) is 0 Å². The van der Waals surface area contributed by atoms with Gasteiger partial charge in [-0.2, -0.15) is 4.89 Å². The van der Waals surface area contributed by atoms with Crippen molar-refractivity contribution in [3.05, 3.63) is 12.8 Å². The summed E-state index contributed by atoms with van der Waals surface area (Å²) in [6.45, 7) is 9.05. The number of hydrogen-bond acceptors (Lipinski definition) is 7. The van der Waals surface area contributed by atoms with Gasteiger partial charge in [0.15, 0.2) is 0 Å². The Hall–Kier alpha value is -0.700. The maximum atomic E-state index is 5.34. The van der Waals surface area contributed by atoms with E-state index in [1.165, 1.54) is 64.2 Å². The van der Waals surface area contributed by atoms with Crippen LogP contribution < -0.4 is 0 Å². The highest BCUT2D eigenvalue weighted by Gasteiger charge is 2.04. The van der Waals surface area contributed by atoms with Crippen molar-refractivity contribution < 1.29 is 34.4 Å². The van der Waals surface area contributed by atoms with Gasteiger partial charge < -0.3 is 9.62 Å². The first-order valence-electron chi connectivity index (χ1n) is 10.4. The lowest BCUT2D eigenvalue weighted by atomic mass is 10.1. The summed E-state index contributed by atoms with van der Waals surface area (Å²) < 4.78 is 5.34. The summed E-state index contributed by atoms with van der Waals surface area (Å²) in [7, 11) is 0. The number of unbranched alkanes of at least 4 members (excludes halogenated alkanes) is 10. The predicted octanol–water partition coefficient (Wildman–Crippen LogP) is 5.61. The smallest absolute Gasteiger partial charge is 0.125 e. The zero-order chi connectivity index (χ0) is 19.8. The van der Waals surface area contributed by atoms with Gasteiger partial charge in [-0.15, -0.1) is 0 Å². The fourth-order valence-corrected chi connectivity index (χ4v) is 2.44. The van der Waals surface area contributed by atoms with E-state index < -0.39 is 0 Å². The van der Waals surface area contributed by atoms with Crippen LogP contribution in [0.3, 0.4) is 0 Å². The summed E-state index contributed by atoms with van der Waals surface area (Å²) in [6.07, 6.45) is 15.3. The number of ether oxygens (including phenoxy) is 1. The summed E-state index contributed by atoms with van der Waals surface area (Å²) in [5, 5.41) is 8.44. The molecule has 0 saturated carbocycles. The molecule has 0 aromatic carbocycles. The first-order chi connectivity index (χ1) is 13.3. The average Bonchev–Trinajstić information content (AvgIpc) is 2.67. The SMILES string of the molecule is C=COOOOC(C)COCCOOCCCCCCCCCCCCC. The maximum Gasteiger partial charge on any atom is 0.125 e. The van der Waals surface area contributed by atoms with E-state index in [9.17, 15) is 0 Å². The topological polar surface area (TPSA) is 64.6 Å². The summed E-state index contributed by atoms with van der Waals surface area (Å²) in [5.41, 5.74) is 0. The molecule has 1 atom stereocenters. The van der Waals surface area contributed by atoms with Crippen molar-refractivity contribution in [3.63, 3.8) is 0 Å². The van der Waals surface area contributed by atoms with E-state index in [4.69, 9.17) is 19.4 Å². The minimum absolute atomic E-state index is 0.310. The van der Waals surface area contributed by atoms with E-state index in [0.717, 1.165) is 12.7 Å². The van der Waals surface area contributed by atoms with E-state index in [2.05, 4.69) is 28.5 Å². The molecule has 7 nitrogen and oxygen atoms in total. The molecule has 0 N–H and O–H groups in total. The molecule has 27 heavy (non-hydrogen) atoms. The molecule has 0 aliphatic carbocycles. The van der Waals surface area contributed by atoms with Crippen LogP contribution in [0.2, 0.25) is 0 Å². The highest BCUT2D eigenvalue weighted by Crippen LogP contribution is 2.11. The zero-order valence-electron chi connectivity index (χ0n) is 17.3. The molecule has 162 valence electrons. The standard InChI is InChI=1S/C20H40O7/c1-4-6-7-8-9-10-11-12-13-14-15-16-23-24-18-17-21-19-20(3)25-27-26-22-5-2/h5,20H,2,4,6-19H2,1,3H3. The molecule has 0 aromatic heterocycles. The van der Waals surface area contributed by atoms with Gasteiger partial charge in [0.05, 0.1) is 19.8 Å². The van der Waals surface area contributed by atoms with Crippen LogP contribution in [-0.4, -0.2) is 32.5 Å². The van der Waals surface area contributed by atoms with Gasteiger partial charge in [0.25, 0.3) is 0 Å². The van der Waals surface area contributed by atoms with E-state index in [0.29, 0.717) is 26.4 Å². The molecule has 0 rings (SSSR count). The Morgan fingerprint density at radius 2 is 1.33 bits per heavy atom. The predicted molar refractivity (Wildman–Crippen MR) is 103 cm³/mol. The molecule has 0 amide bonds. The summed E-state index contributed by atoms with van der Waals surface area (Å²) >= 11 is 0. The van der Waals surface area contributed by atoms with Gasteiger partial charge in [0.1, 0.15) is 19.0 Å². The molecule has 1 unspecified atom stereocenters. The zero-order valence-corrected chi connectivity index (χ0v) is 17.3. The van der Waals surface area contributed by atoms with Crippen LogP contribution in [0.4, 0.5) is 0 Å². The van der Waals surface area contributed by atoms with Gasteiger partial charge in [-0.25, -0.2) is 9.78 Å². The highest BCUT2D eigenvalue weighted by atomic mass is 17.7. The molecule has 0 aliphatic heterocycles. The largest absolute Gasteiger partial charge is 0.376 e. The van der Waals surface area contributed by atoms with E-state index >= 15 is 0 Å². The van der Waals surface area contributed by atoms with Crippen LogP contribution in [0.15, 0.2) is 12.8 Å². The molecule has 0 fully saturated rings. The first-order valence-corrected chi connectivity index (χ1v) is 10.4. The maximum absolute atomic E-state index is 5.34. The Morgan fingerprint density at radius 3 is 1.96 bits per heavy atom. The normalized spacial score (nSPS) is 12.2. The second-order valence-corrected chi connectivity index (χ2v) is 6.56. The highest BCUT2D eigenvalue weighted by molar-refractivity contribution is 4.47. The Balaban J connectivity index is 3.07. The van der Waals surface area contributed by atoms with Crippen LogP contribution in [0.5, 0.6) is 0 Å². The van der Waals surface area contributed by atoms with Crippen LogP contribution >= 0.6 is 0 Å². The fraction of sp³-hybridized carbons (Fsp3) is 0.900. The lowest BCUT2D eigenvalue weighted by molar-refractivity contribution is -0.629. The van der Waals surface area contributed by atoms with Gasteiger partial charge in [-0.05, 0) is 18.4 Å². The Bertz CT molecular complexity index is 290. The molecule has 0 bridgehead atoms. The van der Waals surface area contributed by atoms with E-state index in [-0.39, 0.29) is 6.10 Å². The van der Waals surface area contributed by atoms with Crippen LogP contribution in [-0.2, 0) is 34.4 Å². The Labute approximate surface area is 164 Å². The van der Waals surface area contributed by atoms with Crippen molar-refractivity contribution in [2.75, 3.05) is 26.4 Å². The third-order valence-electron chi connectivity index (χ3n) is 3.92. The summed E-state index contributed by atoms with van der Waals surface area (Å²) in [4.78, 5) is 19.2. The van der Waals surface area contributed by atoms with Crippen molar-refractivity contribution in [3.8, 4) is 0 Å². The van der Waals surface area contributed by atoms with Gasteiger partial charge in [-0.3, -0.25) is 0 Å². The molecule has 0 aromatic rings. The number of hydrogen-bond donors (Lipinski definition) is 0. The minimum atomic E-state index is -0.310. The monoisotopic (exact) mass is 392 g/mol. The third-order valence-corrected chi connectivity index (χ3v) is 3.92. The van der Waals surface area contributed by atoms with Crippen molar-refractivity contribution in [1.82, 2.24) is 0 Å². The van der Waals surface area contributed by atoms with Crippen LogP contribution in [0.25, 0.3) is 0 Å². The second-order valence-electron chi connectivity index (χ2n) is 6.56. The van der Waals surface area contributed by atoms with Crippen molar-refractivity contribution in [1.29, 1.82) is 0 Å². The molecular weight excluding hydrogens is 352 g/mol. The van der Waals surface area contributed by atoms with Crippen molar-refractivity contribution >= 4 is 0 Å².